The summed E-state index contributed by atoms with van der Waals surface area (Å²) >= 11 is 0. The van der Waals surface area contributed by atoms with E-state index in [-0.39, 0.29) is 0 Å². The van der Waals surface area contributed by atoms with Crippen molar-refractivity contribution in [1.82, 2.24) is 14.9 Å². The Morgan fingerprint density at radius 3 is 2.95 bits per heavy atom. The Morgan fingerprint density at radius 1 is 1.32 bits per heavy atom. The largest absolute Gasteiger partial charge is 0.333 e. The fraction of sp³-hybridized carbons (Fsp3) is 0.438. The molecule has 1 aromatic carbocycles. The third-order valence-corrected chi connectivity index (χ3v) is 3.69. The van der Waals surface area contributed by atoms with Crippen LogP contribution in [0.15, 0.2) is 30.7 Å². The molecule has 0 bridgehead atoms. The van der Waals surface area contributed by atoms with E-state index in [0.29, 0.717) is 0 Å². The number of benzene rings is 1. The van der Waals surface area contributed by atoms with Crippen LogP contribution in [0.1, 0.15) is 35.2 Å². The topological polar surface area (TPSA) is 29.9 Å². The molecule has 3 rings (SSSR count). The second-order valence-electron chi connectivity index (χ2n) is 5.62. The van der Waals surface area contributed by atoms with Gasteiger partial charge < -0.3 is 9.88 Å². The molecule has 0 atom stereocenters. The lowest BCUT2D eigenvalue weighted by Gasteiger charge is -2.07. The summed E-state index contributed by atoms with van der Waals surface area (Å²) in [5.74, 6) is 0. The average molecular weight is 255 g/mol. The van der Waals surface area contributed by atoms with Gasteiger partial charge in [-0.3, -0.25) is 0 Å². The van der Waals surface area contributed by atoms with Crippen LogP contribution in [0.25, 0.3) is 0 Å². The summed E-state index contributed by atoms with van der Waals surface area (Å²) < 4.78 is 2.17. The number of nitrogens with zero attached hydrogens (tertiary/aromatic N) is 2. The standard InChI is InChI=1S/C16H21N3/c1-12-3-4-13(2)14(7-12)9-19-10-16(18-11-19)8-17-15-5-6-15/h3-4,7,10-11,15,17H,5-6,8-9H2,1-2H3. The van der Waals surface area contributed by atoms with Gasteiger partial charge in [0.1, 0.15) is 0 Å². The normalized spacial score (nSPS) is 14.8. The lowest BCUT2D eigenvalue weighted by molar-refractivity contribution is 0.676. The van der Waals surface area contributed by atoms with E-state index >= 15 is 0 Å². The molecule has 19 heavy (non-hydrogen) atoms. The number of rotatable bonds is 5. The molecule has 1 N–H and O–H groups in total. The molecule has 0 spiro atoms. The van der Waals surface area contributed by atoms with Crippen LogP contribution in [0.4, 0.5) is 0 Å². The minimum atomic E-state index is 0.740. The minimum absolute atomic E-state index is 0.740. The van der Waals surface area contributed by atoms with Crippen molar-refractivity contribution in [3.8, 4) is 0 Å². The molecule has 0 amide bonds. The van der Waals surface area contributed by atoms with Gasteiger partial charge in [-0.05, 0) is 37.8 Å². The number of imidazole rings is 1. The van der Waals surface area contributed by atoms with Gasteiger partial charge in [0, 0.05) is 25.3 Å². The van der Waals surface area contributed by atoms with E-state index in [9.17, 15) is 0 Å². The lowest BCUT2D eigenvalue weighted by atomic mass is 10.1. The van der Waals surface area contributed by atoms with Crippen molar-refractivity contribution in [1.29, 1.82) is 0 Å². The molecule has 3 heteroatoms. The molecule has 0 unspecified atom stereocenters. The summed E-state index contributed by atoms with van der Waals surface area (Å²) in [6.07, 6.45) is 6.73. The fourth-order valence-corrected chi connectivity index (χ4v) is 2.29. The smallest absolute Gasteiger partial charge is 0.0953 e. The molecule has 2 aromatic rings. The zero-order chi connectivity index (χ0) is 13.2. The average Bonchev–Trinajstić information content (AvgIpc) is 3.12. The SMILES string of the molecule is Cc1ccc(C)c(Cn2cnc(CNC3CC3)c2)c1. The molecular weight excluding hydrogens is 234 g/mol. The van der Waals surface area contributed by atoms with Crippen molar-refractivity contribution < 1.29 is 0 Å². The van der Waals surface area contributed by atoms with Crippen molar-refractivity contribution in [2.75, 3.05) is 0 Å². The second-order valence-corrected chi connectivity index (χ2v) is 5.62. The van der Waals surface area contributed by atoms with Crippen molar-refractivity contribution in [3.05, 3.63) is 53.1 Å². The number of nitrogens with one attached hydrogen (secondary N) is 1. The van der Waals surface area contributed by atoms with Crippen LogP contribution in [0.2, 0.25) is 0 Å². The second kappa shape index (κ2) is 5.17. The van der Waals surface area contributed by atoms with Gasteiger partial charge in [-0.25, -0.2) is 4.98 Å². The van der Waals surface area contributed by atoms with Crippen LogP contribution in [-0.4, -0.2) is 15.6 Å². The maximum atomic E-state index is 4.46. The first-order valence-electron chi connectivity index (χ1n) is 7.01. The van der Waals surface area contributed by atoms with E-state index in [1.165, 1.54) is 29.5 Å². The van der Waals surface area contributed by atoms with Gasteiger partial charge in [0.15, 0.2) is 0 Å². The predicted octanol–water partition coefficient (Wildman–Crippen LogP) is 2.80. The van der Waals surface area contributed by atoms with E-state index in [1.54, 1.807) is 0 Å². The molecular formula is C16H21N3. The molecule has 3 nitrogen and oxygen atoms in total. The van der Waals surface area contributed by atoms with Crippen molar-refractivity contribution in [3.63, 3.8) is 0 Å². The van der Waals surface area contributed by atoms with Gasteiger partial charge >= 0.3 is 0 Å². The van der Waals surface area contributed by atoms with Gasteiger partial charge in [0.25, 0.3) is 0 Å². The Bertz CT molecular complexity index is 567. The predicted molar refractivity (Wildman–Crippen MR) is 77.1 cm³/mol. The highest BCUT2D eigenvalue weighted by Gasteiger charge is 2.20. The van der Waals surface area contributed by atoms with E-state index in [4.69, 9.17) is 0 Å². The van der Waals surface area contributed by atoms with E-state index in [2.05, 4.69) is 53.1 Å². The first-order valence-corrected chi connectivity index (χ1v) is 7.01. The third-order valence-electron chi connectivity index (χ3n) is 3.69. The van der Waals surface area contributed by atoms with Crippen molar-refractivity contribution >= 4 is 0 Å². The summed E-state index contributed by atoms with van der Waals surface area (Å²) in [7, 11) is 0. The third kappa shape index (κ3) is 3.24. The van der Waals surface area contributed by atoms with Gasteiger partial charge in [-0.2, -0.15) is 0 Å². The highest BCUT2D eigenvalue weighted by Crippen LogP contribution is 2.19. The summed E-state index contributed by atoms with van der Waals surface area (Å²) in [4.78, 5) is 4.46. The van der Waals surface area contributed by atoms with Crippen LogP contribution in [-0.2, 0) is 13.1 Å². The van der Waals surface area contributed by atoms with Crippen LogP contribution in [0.3, 0.4) is 0 Å². The zero-order valence-corrected chi connectivity index (χ0v) is 11.7. The van der Waals surface area contributed by atoms with E-state index in [1.807, 2.05) is 6.33 Å². The van der Waals surface area contributed by atoms with Gasteiger partial charge in [-0.1, -0.05) is 23.8 Å². The van der Waals surface area contributed by atoms with Crippen molar-refractivity contribution in [2.24, 2.45) is 0 Å². The molecule has 1 aliphatic carbocycles. The zero-order valence-electron chi connectivity index (χ0n) is 11.7. The van der Waals surface area contributed by atoms with Crippen LogP contribution in [0.5, 0.6) is 0 Å². The molecule has 0 radical (unpaired) electrons. The summed E-state index contributed by atoms with van der Waals surface area (Å²) in [6, 6.07) is 7.36. The molecule has 1 heterocycles. The molecule has 0 aliphatic heterocycles. The minimum Gasteiger partial charge on any atom is -0.333 e. The van der Waals surface area contributed by atoms with Crippen LogP contribution < -0.4 is 5.32 Å². The monoisotopic (exact) mass is 255 g/mol. The molecule has 1 fully saturated rings. The summed E-state index contributed by atoms with van der Waals surface area (Å²) in [5.41, 5.74) is 5.17. The first kappa shape index (κ1) is 12.4. The molecule has 0 saturated heterocycles. The number of aromatic nitrogens is 2. The molecule has 100 valence electrons. The Labute approximate surface area is 114 Å². The number of hydrogen-bond donors (Lipinski definition) is 1. The van der Waals surface area contributed by atoms with E-state index in [0.717, 1.165) is 24.8 Å². The molecule has 1 saturated carbocycles. The molecule has 1 aromatic heterocycles. The maximum absolute atomic E-state index is 4.46. The Morgan fingerprint density at radius 2 is 2.16 bits per heavy atom. The highest BCUT2D eigenvalue weighted by atomic mass is 15.1. The number of aryl methyl sites for hydroxylation is 2. The fourth-order valence-electron chi connectivity index (χ4n) is 2.29. The van der Waals surface area contributed by atoms with Crippen LogP contribution >= 0.6 is 0 Å². The quantitative estimate of drug-likeness (QED) is 0.890. The number of hydrogen-bond acceptors (Lipinski definition) is 2. The Balaban J connectivity index is 1.66. The van der Waals surface area contributed by atoms with Gasteiger partial charge in [-0.15, -0.1) is 0 Å². The molecule has 1 aliphatic rings. The maximum Gasteiger partial charge on any atom is 0.0953 e. The van der Waals surface area contributed by atoms with Crippen molar-refractivity contribution in [2.45, 2.75) is 45.8 Å². The Kier molecular flexibility index (Phi) is 3.38. The van der Waals surface area contributed by atoms with Gasteiger partial charge in [0.2, 0.25) is 0 Å². The summed E-state index contributed by atoms with van der Waals surface area (Å²) in [6.45, 7) is 6.11. The Hall–Kier alpha value is -1.61. The van der Waals surface area contributed by atoms with Crippen LogP contribution in [0, 0.1) is 13.8 Å². The summed E-state index contributed by atoms with van der Waals surface area (Å²) in [5, 5.41) is 3.49. The first-order chi connectivity index (χ1) is 9.20. The lowest BCUT2D eigenvalue weighted by Crippen LogP contribution is -2.15. The highest BCUT2D eigenvalue weighted by molar-refractivity contribution is 5.30. The van der Waals surface area contributed by atoms with Gasteiger partial charge in [0.05, 0.1) is 12.0 Å². The van der Waals surface area contributed by atoms with E-state index < -0.39 is 0 Å².